The second-order valence-electron chi connectivity index (χ2n) is 3.47. The summed E-state index contributed by atoms with van der Waals surface area (Å²) < 4.78 is 9.89. The third kappa shape index (κ3) is 2.30. The molecule has 1 aromatic heterocycles. The van der Waals surface area contributed by atoms with E-state index in [4.69, 9.17) is 4.74 Å². The lowest BCUT2D eigenvalue weighted by molar-refractivity contribution is 0.0594. The van der Waals surface area contributed by atoms with Gasteiger partial charge in [-0.1, -0.05) is 6.07 Å². The van der Waals surface area contributed by atoms with Crippen LogP contribution in [0.4, 0.5) is 5.82 Å². The Morgan fingerprint density at radius 1 is 1.44 bits per heavy atom. The first-order chi connectivity index (χ1) is 7.81. The highest BCUT2D eigenvalue weighted by molar-refractivity contribution is 5.87. The van der Waals surface area contributed by atoms with Gasteiger partial charge in [0.05, 0.1) is 20.3 Å². The van der Waals surface area contributed by atoms with Gasteiger partial charge in [-0.15, -0.1) is 0 Å². The number of methoxy groups -OCH3 is 1. The van der Waals surface area contributed by atoms with E-state index >= 15 is 0 Å². The molecule has 5 heteroatoms. The molecule has 0 N–H and O–H groups in total. The molecule has 2 heterocycles. The summed E-state index contributed by atoms with van der Waals surface area (Å²) in [6.45, 7) is 3.00. The molecule has 0 atom stereocenters. The molecular formula is C11H14N2O3. The number of hydrogen-bond acceptors (Lipinski definition) is 5. The maximum atomic E-state index is 11.3. The van der Waals surface area contributed by atoms with Crippen LogP contribution >= 0.6 is 0 Å². The summed E-state index contributed by atoms with van der Waals surface area (Å²) in [6.07, 6.45) is 0. The first-order valence-corrected chi connectivity index (χ1v) is 5.19. The smallest absolute Gasteiger partial charge is 0.356 e. The Morgan fingerprint density at radius 2 is 2.19 bits per heavy atom. The zero-order chi connectivity index (χ0) is 11.4. The summed E-state index contributed by atoms with van der Waals surface area (Å²) in [5.74, 6) is 0.390. The van der Waals surface area contributed by atoms with Crippen LogP contribution in [-0.4, -0.2) is 44.4 Å². The van der Waals surface area contributed by atoms with Crippen LogP contribution in [0.25, 0.3) is 0 Å². The van der Waals surface area contributed by atoms with E-state index in [1.165, 1.54) is 7.11 Å². The van der Waals surface area contributed by atoms with Gasteiger partial charge in [-0.05, 0) is 12.1 Å². The lowest BCUT2D eigenvalue weighted by Gasteiger charge is -2.27. The van der Waals surface area contributed by atoms with E-state index in [1.807, 2.05) is 12.1 Å². The summed E-state index contributed by atoms with van der Waals surface area (Å²) in [4.78, 5) is 17.7. The van der Waals surface area contributed by atoms with E-state index in [-0.39, 0.29) is 0 Å². The molecule has 5 nitrogen and oxygen atoms in total. The van der Waals surface area contributed by atoms with Crippen LogP contribution in [0, 0.1) is 0 Å². The highest BCUT2D eigenvalue weighted by atomic mass is 16.5. The normalized spacial score (nSPS) is 15.9. The van der Waals surface area contributed by atoms with Gasteiger partial charge in [0.15, 0.2) is 5.69 Å². The van der Waals surface area contributed by atoms with Crippen molar-refractivity contribution in [3.63, 3.8) is 0 Å². The van der Waals surface area contributed by atoms with Crippen molar-refractivity contribution in [2.45, 2.75) is 0 Å². The van der Waals surface area contributed by atoms with Gasteiger partial charge in [-0.25, -0.2) is 9.78 Å². The number of ether oxygens (including phenoxy) is 2. The molecule has 1 saturated heterocycles. The fourth-order valence-corrected chi connectivity index (χ4v) is 1.61. The maximum absolute atomic E-state index is 11.3. The van der Waals surface area contributed by atoms with Gasteiger partial charge in [0, 0.05) is 13.1 Å². The molecule has 0 spiro atoms. The number of morpholine rings is 1. The third-order valence-corrected chi connectivity index (χ3v) is 2.46. The quantitative estimate of drug-likeness (QED) is 0.690. The van der Waals surface area contributed by atoms with Gasteiger partial charge in [-0.2, -0.15) is 0 Å². The molecule has 16 heavy (non-hydrogen) atoms. The number of aromatic nitrogens is 1. The minimum atomic E-state index is -0.407. The van der Waals surface area contributed by atoms with Crippen LogP contribution in [0.15, 0.2) is 18.2 Å². The van der Waals surface area contributed by atoms with Gasteiger partial charge in [-0.3, -0.25) is 0 Å². The summed E-state index contributed by atoms with van der Waals surface area (Å²) in [7, 11) is 1.35. The standard InChI is InChI=1S/C11H14N2O3/c1-15-11(14)9-3-2-4-10(12-9)13-5-7-16-8-6-13/h2-4H,5-8H2,1H3. The average molecular weight is 222 g/mol. The van der Waals surface area contributed by atoms with Crippen molar-refractivity contribution in [2.24, 2.45) is 0 Å². The largest absolute Gasteiger partial charge is 0.464 e. The lowest BCUT2D eigenvalue weighted by atomic mass is 10.3. The summed E-state index contributed by atoms with van der Waals surface area (Å²) in [5, 5.41) is 0. The van der Waals surface area contributed by atoms with E-state index in [1.54, 1.807) is 6.07 Å². The molecule has 0 saturated carbocycles. The van der Waals surface area contributed by atoms with Gasteiger partial charge in [0.1, 0.15) is 5.82 Å². The number of esters is 1. The van der Waals surface area contributed by atoms with Gasteiger partial charge in [0.2, 0.25) is 0 Å². The number of carbonyl (C=O) groups excluding carboxylic acids is 1. The Hall–Kier alpha value is -1.62. The van der Waals surface area contributed by atoms with Gasteiger partial charge in [0.25, 0.3) is 0 Å². The molecule has 1 aromatic rings. The van der Waals surface area contributed by atoms with Crippen LogP contribution in [0.3, 0.4) is 0 Å². The number of rotatable bonds is 2. The lowest BCUT2D eigenvalue weighted by Crippen LogP contribution is -2.36. The van der Waals surface area contributed by atoms with Gasteiger partial charge >= 0.3 is 5.97 Å². The molecule has 0 radical (unpaired) electrons. The van der Waals surface area contributed by atoms with Crippen molar-refractivity contribution in [3.05, 3.63) is 23.9 Å². The molecule has 1 aliphatic heterocycles. The Morgan fingerprint density at radius 3 is 2.88 bits per heavy atom. The van der Waals surface area contributed by atoms with Crippen molar-refractivity contribution >= 4 is 11.8 Å². The third-order valence-electron chi connectivity index (χ3n) is 2.46. The van der Waals surface area contributed by atoms with E-state index < -0.39 is 5.97 Å². The van der Waals surface area contributed by atoms with Gasteiger partial charge < -0.3 is 14.4 Å². The summed E-state index contributed by atoms with van der Waals surface area (Å²) in [6, 6.07) is 5.34. The van der Waals surface area contributed by atoms with Crippen LogP contribution in [0.2, 0.25) is 0 Å². The van der Waals surface area contributed by atoms with E-state index in [9.17, 15) is 4.79 Å². The summed E-state index contributed by atoms with van der Waals surface area (Å²) >= 11 is 0. The van der Waals surface area contributed by atoms with E-state index in [0.717, 1.165) is 18.9 Å². The number of carbonyl (C=O) groups is 1. The zero-order valence-corrected chi connectivity index (χ0v) is 9.18. The van der Waals surface area contributed by atoms with Crippen molar-refractivity contribution in [1.29, 1.82) is 0 Å². The molecule has 0 aromatic carbocycles. The zero-order valence-electron chi connectivity index (χ0n) is 9.18. The summed E-state index contributed by atoms with van der Waals surface area (Å²) in [5.41, 5.74) is 0.339. The monoisotopic (exact) mass is 222 g/mol. The van der Waals surface area contributed by atoms with Crippen molar-refractivity contribution in [3.8, 4) is 0 Å². The predicted molar refractivity (Wildman–Crippen MR) is 58.6 cm³/mol. The molecule has 1 fully saturated rings. The van der Waals surface area contributed by atoms with Crippen molar-refractivity contribution < 1.29 is 14.3 Å². The molecule has 0 amide bonds. The molecular weight excluding hydrogens is 208 g/mol. The minimum Gasteiger partial charge on any atom is -0.464 e. The molecule has 86 valence electrons. The molecule has 0 unspecified atom stereocenters. The SMILES string of the molecule is COC(=O)c1cccc(N2CCOCC2)n1. The Balaban J connectivity index is 2.17. The van der Waals surface area contributed by atoms with Crippen molar-refractivity contribution in [2.75, 3.05) is 38.3 Å². The van der Waals surface area contributed by atoms with Crippen LogP contribution in [-0.2, 0) is 9.47 Å². The average Bonchev–Trinajstić information content (AvgIpc) is 2.39. The number of nitrogens with zero attached hydrogens (tertiary/aromatic N) is 2. The number of anilines is 1. The highest BCUT2D eigenvalue weighted by Crippen LogP contribution is 2.13. The van der Waals surface area contributed by atoms with E-state index in [2.05, 4.69) is 14.6 Å². The molecule has 1 aliphatic rings. The first-order valence-electron chi connectivity index (χ1n) is 5.19. The van der Waals surface area contributed by atoms with Crippen molar-refractivity contribution in [1.82, 2.24) is 4.98 Å². The second-order valence-corrected chi connectivity index (χ2v) is 3.47. The van der Waals surface area contributed by atoms with Crippen LogP contribution < -0.4 is 4.90 Å². The van der Waals surface area contributed by atoms with Crippen LogP contribution in [0.5, 0.6) is 0 Å². The Labute approximate surface area is 94.0 Å². The second kappa shape index (κ2) is 4.94. The molecule has 0 bridgehead atoms. The minimum absolute atomic E-state index is 0.339. The highest BCUT2D eigenvalue weighted by Gasteiger charge is 2.14. The Kier molecular flexibility index (Phi) is 3.36. The topological polar surface area (TPSA) is 51.7 Å². The maximum Gasteiger partial charge on any atom is 0.356 e. The van der Waals surface area contributed by atoms with Crippen LogP contribution in [0.1, 0.15) is 10.5 Å². The fourth-order valence-electron chi connectivity index (χ4n) is 1.61. The Bertz CT molecular complexity index is 375. The van der Waals surface area contributed by atoms with E-state index in [0.29, 0.717) is 18.9 Å². The number of pyridine rings is 1. The number of hydrogen-bond donors (Lipinski definition) is 0. The molecule has 0 aliphatic carbocycles. The first kappa shape index (κ1) is 10.9. The predicted octanol–water partition coefficient (Wildman–Crippen LogP) is 0.705. The fraction of sp³-hybridized carbons (Fsp3) is 0.455. The molecule has 2 rings (SSSR count).